The Bertz CT molecular complexity index is 869. The van der Waals surface area contributed by atoms with Crippen LogP contribution in [0.5, 0.6) is 11.5 Å². The molecule has 0 aliphatic carbocycles. The number of carboxylic acid groups (broad SMARTS) is 1. The van der Waals surface area contributed by atoms with Crippen molar-refractivity contribution in [1.29, 1.82) is 0 Å². The van der Waals surface area contributed by atoms with E-state index in [1.807, 2.05) is 6.07 Å². The summed E-state index contributed by atoms with van der Waals surface area (Å²) in [6, 6.07) is 10.5. The smallest absolute Gasteiger partial charge is 0.336 e. The van der Waals surface area contributed by atoms with Crippen LogP contribution in [0, 0.1) is 0 Å². The first kappa shape index (κ1) is 11.8. The summed E-state index contributed by atoms with van der Waals surface area (Å²) in [5.74, 6) is 0.331. The topological polar surface area (TPSA) is 84.4 Å². The molecule has 6 heteroatoms. The van der Waals surface area contributed by atoms with Crippen LogP contribution in [0.2, 0.25) is 0 Å². The molecule has 2 aromatic carbocycles. The molecule has 1 aliphatic heterocycles. The fourth-order valence-corrected chi connectivity index (χ4v) is 2.50. The molecule has 0 fully saturated rings. The molecule has 2 heterocycles. The van der Waals surface area contributed by atoms with Crippen molar-refractivity contribution in [2.24, 2.45) is 0 Å². The van der Waals surface area contributed by atoms with Crippen molar-refractivity contribution < 1.29 is 19.4 Å². The van der Waals surface area contributed by atoms with Gasteiger partial charge in [0.25, 0.3) is 0 Å². The predicted octanol–water partition coefficient (Wildman–Crippen LogP) is 2.66. The molecular weight excluding hydrogens is 272 g/mol. The van der Waals surface area contributed by atoms with Crippen LogP contribution in [-0.4, -0.2) is 28.1 Å². The minimum absolute atomic E-state index is 0.195. The van der Waals surface area contributed by atoms with Crippen LogP contribution in [0.3, 0.4) is 0 Å². The maximum absolute atomic E-state index is 11.4. The predicted molar refractivity (Wildman–Crippen MR) is 74.6 cm³/mol. The summed E-state index contributed by atoms with van der Waals surface area (Å²) in [6.07, 6.45) is 0. The minimum atomic E-state index is -0.982. The maximum atomic E-state index is 11.4. The zero-order valence-corrected chi connectivity index (χ0v) is 10.8. The second kappa shape index (κ2) is 4.24. The lowest BCUT2D eigenvalue weighted by molar-refractivity contribution is 0.0699. The van der Waals surface area contributed by atoms with Gasteiger partial charge in [-0.25, -0.2) is 4.79 Å². The number of aromatic carboxylic acids is 1. The number of benzene rings is 2. The van der Waals surface area contributed by atoms with E-state index in [0.29, 0.717) is 28.1 Å². The molecule has 0 bridgehead atoms. The second-order valence-corrected chi connectivity index (χ2v) is 4.67. The van der Waals surface area contributed by atoms with Crippen molar-refractivity contribution in [3.63, 3.8) is 0 Å². The van der Waals surface area contributed by atoms with Crippen LogP contribution in [0.15, 0.2) is 36.4 Å². The second-order valence-electron chi connectivity index (χ2n) is 4.67. The van der Waals surface area contributed by atoms with Crippen LogP contribution in [0.25, 0.3) is 22.2 Å². The van der Waals surface area contributed by atoms with Crippen LogP contribution in [-0.2, 0) is 0 Å². The van der Waals surface area contributed by atoms with Gasteiger partial charge in [-0.15, -0.1) is 0 Å². The van der Waals surface area contributed by atoms with Crippen molar-refractivity contribution >= 4 is 16.9 Å². The van der Waals surface area contributed by atoms with Crippen molar-refractivity contribution in [2.45, 2.75) is 0 Å². The Morgan fingerprint density at radius 2 is 2.05 bits per heavy atom. The molecule has 0 amide bonds. The van der Waals surface area contributed by atoms with E-state index < -0.39 is 5.97 Å². The van der Waals surface area contributed by atoms with Gasteiger partial charge in [0, 0.05) is 10.9 Å². The van der Waals surface area contributed by atoms with Gasteiger partial charge in [0.05, 0.1) is 11.1 Å². The van der Waals surface area contributed by atoms with Gasteiger partial charge in [-0.2, -0.15) is 5.10 Å². The van der Waals surface area contributed by atoms with Crippen LogP contribution >= 0.6 is 0 Å². The van der Waals surface area contributed by atoms with Gasteiger partial charge in [0.2, 0.25) is 6.79 Å². The molecule has 0 radical (unpaired) electrons. The number of hydrogen-bond acceptors (Lipinski definition) is 4. The number of rotatable bonds is 2. The molecular formula is C15H10N2O4. The summed E-state index contributed by atoms with van der Waals surface area (Å²) < 4.78 is 10.6. The third-order valence-electron chi connectivity index (χ3n) is 3.47. The summed E-state index contributed by atoms with van der Waals surface area (Å²) in [5.41, 5.74) is 2.26. The number of carbonyl (C=O) groups is 1. The largest absolute Gasteiger partial charge is 0.478 e. The number of aromatic amines is 1. The molecule has 2 N–H and O–H groups in total. The summed E-state index contributed by atoms with van der Waals surface area (Å²) in [4.78, 5) is 11.4. The van der Waals surface area contributed by atoms with E-state index in [1.54, 1.807) is 30.3 Å². The monoisotopic (exact) mass is 282 g/mol. The Labute approximate surface area is 118 Å². The number of ether oxygens (including phenoxy) is 2. The van der Waals surface area contributed by atoms with Crippen molar-refractivity contribution in [1.82, 2.24) is 10.2 Å². The van der Waals surface area contributed by atoms with Gasteiger partial charge in [0.1, 0.15) is 5.69 Å². The molecule has 1 aliphatic rings. The lowest BCUT2D eigenvalue weighted by Crippen LogP contribution is -1.97. The number of aromatic nitrogens is 2. The highest BCUT2D eigenvalue weighted by Crippen LogP contribution is 2.37. The normalized spacial score (nSPS) is 12.8. The molecule has 0 atom stereocenters. The van der Waals surface area contributed by atoms with Gasteiger partial charge in [0.15, 0.2) is 11.5 Å². The Kier molecular flexibility index (Phi) is 2.38. The molecule has 0 unspecified atom stereocenters. The Morgan fingerprint density at radius 3 is 2.90 bits per heavy atom. The standard InChI is InChI=1S/C15H10N2O4/c18-15(19)9-2-1-3-10-13(9)14(17-16-10)8-4-5-11-12(6-8)21-7-20-11/h1-6H,7H2,(H,16,17)(H,18,19). The number of nitrogens with zero attached hydrogens (tertiary/aromatic N) is 1. The Balaban J connectivity index is 1.96. The molecule has 0 saturated carbocycles. The van der Waals surface area contributed by atoms with Crippen molar-refractivity contribution in [3.05, 3.63) is 42.0 Å². The number of carboxylic acids is 1. The van der Waals surface area contributed by atoms with E-state index in [2.05, 4.69) is 10.2 Å². The summed E-state index contributed by atoms with van der Waals surface area (Å²) in [5, 5.41) is 17.0. The van der Waals surface area contributed by atoms with Crippen molar-refractivity contribution in [3.8, 4) is 22.8 Å². The Hall–Kier alpha value is -3.02. The molecule has 1 aromatic heterocycles. The maximum Gasteiger partial charge on any atom is 0.336 e. The highest BCUT2D eigenvalue weighted by atomic mass is 16.7. The fourth-order valence-electron chi connectivity index (χ4n) is 2.50. The van der Waals surface area contributed by atoms with Crippen LogP contribution in [0.4, 0.5) is 0 Å². The van der Waals surface area contributed by atoms with Gasteiger partial charge in [-0.05, 0) is 30.3 Å². The first-order valence-electron chi connectivity index (χ1n) is 6.34. The van der Waals surface area contributed by atoms with Crippen molar-refractivity contribution in [2.75, 3.05) is 6.79 Å². The first-order valence-corrected chi connectivity index (χ1v) is 6.34. The SMILES string of the molecule is O=C(O)c1cccc2[nH]nc(-c3ccc4c(c3)OCO4)c12. The van der Waals surface area contributed by atoms with Gasteiger partial charge >= 0.3 is 5.97 Å². The van der Waals surface area contributed by atoms with E-state index >= 15 is 0 Å². The zero-order chi connectivity index (χ0) is 14.4. The van der Waals surface area contributed by atoms with E-state index in [1.165, 1.54) is 0 Å². The summed E-state index contributed by atoms with van der Waals surface area (Å²) in [6.45, 7) is 0.195. The average molecular weight is 282 g/mol. The third kappa shape index (κ3) is 1.73. The van der Waals surface area contributed by atoms with E-state index in [9.17, 15) is 9.90 Å². The van der Waals surface area contributed by atoms with E-state index in [-0.39, 0.29) is 12.4 Å². The van der Waals surface area contributed by atoms with Gasteiger partial charge in [-0.1, -0.05) is 6.07 Å². The molecule has 0 saturated heterocycles. The van der Waals surface area contributed by atoms with E-state index in [4.69, 9.17) is 9.47 Å². The number of H-pyrrole nitrogens is 1. The molecule has 4 rings (SSSR count). The zero-order valence-electron chi connectivity index (χ0n) is 10.8. The highest BCUT2D eigenvalue weighted by Gasteiger charge is 2.19. The van der Waals surface area contributed by atoms with Gasteiger partial charge < -0.3 is 14.6 Å². The summed E-state index contributed by atoms with van der Waals surface area (Å²) >= 11 is 0. The van der Waals surface area contributed by atoms with Crippen LogP contribution < -0.4 is 9.47 Å². The lowest BCUT2D eigenvalue weighted by atomic mass is 10.0. The molecule has 104 valence electrons. The van der Waals surface area contributed by atoms with E-state index in [0.717, 1.165) is 5.56 Å². The highest BCUT2D eigenvalue weighted by molar-refractivity contribution is 6.08. The number of nitrogens with one attached hydrogen (secondary N) is 1. The molecule has 0 spiro atoms. The lowest BCUT2D eigenvalue weighted by Gasteiger charge is -2.03. The number of fused-ring (bicyclic) bond motifs is 2. The molecule has 3 aromatic rings. The third-order valence-corrected chi connectivity index (χ3v) is 3.47. The number of hydrogen-bond donors (Lipinski definition) is 2. The molecule has 6 nitrogen and oxygen atoms in total. The quantitative estimate of drug-likeness (QED) is 0.754. The van der Waals surface area contributed by atoms with Crippen LogP contribution in [0.1, 0.15) is 10.4 Å². The minimum Gasteiger partial charge on any atom is -0.478 e. The average Bonchev–Trinajstić information content (AvgIpc) is 3.12. The fraction of sp³-hybridized carbons (Fsp3) is 0.0667. The molecule has 21 heavy (non-hydrogen) atoms. The van der Waals surface area contributed by atoms with Gasteiger partial charge in [-0.3, -0.25) is 5.10 Å². The Morgan fingerprint density at radius 1 is 1.19 bits per heavy atom. The first-order chi connectivity index (χ1) is 10.2. The summed E-state index contributed by atoms with van der Waals surface area (Å²) in [7, 11) is 0.